The van der Waals surface area contributed by atoms with Gasteiger partial charge in [-0.15, -0.1) is 0 Å². The third-order valence-electron chi connectivity index (χ3n) is 4.78. The predicted octanol–water partition coefficient (Wildman–Crippen LogP) is 3.10. The molecule has 1 aromatic carbocycles. The van der Waals surface area contributed by atoms with E-state index in [4.69, 9.17) is 0 Å². The van der Waals surface area contributed by atoms with Crippen molar-refractivity contribution in [1.82, 2.24) is 4.72 Å². The van der Waals surface area contributed by atoms with Crippen LogP contribution in [0, 0.1) is 5.92 Å². The van der Waals surface area contributed by atoms with E-state index < -0.39 is 14.8 Å². The average molecular weight is 381 g/mol. The van der Waals surface area contributed by atoms with E-state index in [1.54, 1.807) is 45.0 Å². The van der Waals surface area contributed by atoms with E-state index in [0.29, 0.717) is 36.9 Å². The molecule has 6 nitrogen and oxygen atoms in total. The summed E-state index contributed by atoms with van der Waals surface area (Å²) in [5, 5.41) is 2.88. The maximum Gasteiger partial charge on any atom is 0.227 e. The van der Waals surface area contributed by atoms with Crippen LogP contribution in [0.15, 0.2) is 24.3 Å². The van der Waals surface area contributed by atoms with Gasteiger partial charge in [-0.05, 0) is 77.6 Å². The smallest absolute Gasteiger partial charge is 0.227 e. The van der Waals surface area contributed by atoms with Crippen LogP contribution < -0.4 is 10.0 Å². The van der Waals surface area contributed by atoms with E-state index in [1.165, 1.54) is 6.92 Å². The lowest BCUT2D eigenvalue weighted by atomic mass is 9.86. The van der Waals surface area contributed by atoms with Crippen LogP contribution in [0.4, 0.5) is 5.69 Å². The van der Waals surface area contributed by atoms with E-state index in [2.05, 4.69) is 10.0 Å². The molecule has 7 heteroatoms. The Kier molecular flexibility index (Phi) is 6.24. The van der Waals surface area contributed by atoms with Crippen LogP contribution in [0.2, 0.25) is 0 Å². The Morgan fingerprint density at radius 3 is 2.00 bits per heavy atom. The van der Waals surface area contributed by atoms with Crippen LogP contribution in [0.1, 0.15) is 63.7 Å². The molecule has 0 heterocycles. The van der Waals surface area contributed by atoms with Crippen molar-refractivity contribution in [3.05, 3.63) is 29.8 Å². The molecule has 0 aliphatic heterocycles. The zero-order valence-corrected chi connectivity index (χ0v) is 16.7. The molecule has 1 aliphatic carbocycles. The number of sulfonamides is 1. The van der Waals surface area contributed by atoms with E-state index in [1.807, 2.05) is 0 Å². The molecule has 0 aromatic heterocycles. The molecule has 2 N–H and O–H groups in total. The normalized spacial score (nSPS) is 21.2. The second kappa shape index (κ2) is 7.88. The second-order valence-electron chi connectivity index (χ2n) is 7.90. The van der Waals surface area contributed by atoms with Crippen molar-refractivity contribution < 1.29 is 18.0 Å². The third-order valence-corrected chi connectivity index (χ3v) is 7.04. The molecule has 0 radical (unpaired) electrons. The van der Waals surface area contributed by atoms with Crippen molar-refractivity contribution in [1.29, 1.82) is 0 Å². The maximum atomic E-state index is 12.4. The quantitative estimate of drug-likeness (QED) is 0.768. The molecular weight excluding hydrogens is 352 g/mol. The summed E-state index contributed by atoms with van der Waals surface area (Å²) >= 11 is 0. The lowest BCUT2D eigenvalue weighted by Gasteiger charge is -2.30. The Labute approximate surface area is 155 Å². The predicted molar refractivity (Wildman–Crippen MR) is 103 cm³/mol. The summed E-state index contributed by atoms with van der Waals surface area (Å²) in [6, 6.07) is 6.71. The molecule has 0 saturated heterocycles. The fourth-order valence-corrected chi connectivity index (χ4v) is 3.93. The van der Waals surface area contributed by atoms with Gasteiger partial charge < -0.3 is 5.32 Å². The molecule has 0 atom stereocenters. The first kappa shape index (κ1) is 20.6. The molecular formula is C19H28N2O4S. The Hall–Kier alpha value is -1.73. The number of anilines is 1. The second-order valence-corrected chi connectivity index (χ2v) is 10.4. The number of hydrogen-bond acceptors (Lipinski definition) is 4. The van der Waals surface area contributed by atoms with Crippen molar-refractivity contribution in [3.8, 4) is 0 Å². The first-order valence-electron chi connectivity index (χ1n) is 8.93. The van der Waals surface area contributed by atoms with Crippen LogP contribution in [-0.2, 0) is 14.8 Å². The summed E-state index contributed by atoms with van der Waals surface area (Å²) in [7, 11) is -3.37. The number of carbonyl (C=O) groups excluding carboxylic acids is 2. The standard InChI is InChI=1S/C19H28N2O4S/c1-13(22)14-5-9-16(10-6-14)20-18(23)15-7-11-17(12-8-15)21-26(24,25)19(2,3)4/h5-6,9-10,15,17,21H,7-8,11-12H2,1-4H3,(H,20,23)/t15-,17-. The Balaban J connectivity index is 1.87. The number of amides is 1. The highest BCUT2D eigenvalue weighted by Gasteiger charge is 2.34. The Morgan fingerprint density at radius 2 is 1.54 bits per heavy atom. The van der Waals surface area contributed by atoms with Gasteiger partial charge in [-0.2, -0.15) is 0 Å². The first-order chi connectivity index (χ1) is 12.0. The summed E-state index contributed by atoms with van der Waals surface area (Å²) in [5.74, 6) is -0.200. The fourth-order valence-electron chi connectivity index (χ4n) is 2.90. The van der Waals surface area contributed by atoms with Crippen molar-refractivity contribution in [2.75, 3.05) is 5.32 Å². The molecule has 1 aliphatic rings. The van der Waals surface area contributed by atoms with Crippen molar-refractivity contribution >= 4 is 27.4 Å². The molecule has 0 spiro atoms. The van der Waals surface area contributed by atoms with Gasteiger partial charge >= 0.3 is 0 Å². The largest absolute Gasteiger partial charge is 0.326 e. The van der Waals surface area contributed by atoms with Crippen LogP contribution in [-0.4, -0.2) is 30.9 Å². The number of nitrogens with one attached hydrogen (secondary N) is 2. The van der Waals surface area contributed by atoms with Gasteiger partial charge in [-0.25, -0.2) is 13.1 Å². The number of carbonyl (C=O) groups is 2. The van der Waals surface area contributed by atoms with E-state index in [-0.39, 0.29) is 23.7 Å². The number of ketones is 1. The molecule has 144 valence electrons. The zero-order chi connectivity index (χ0) is 19.5. The van der Waals surface area contributed by atoms with E-state index in [9.17, 15) is 18.0 Å². The highest BCUT2D eigenvalue weighted by molar-refractivity contribution is 7.90. The molecule has 1 fully saturated rings. The lowest BCUT2D eigenvalue weighted by molar-refractivity contribution is -0.120. The van der Waals surface area contributed by atoms with E-state index in [0.717, 1.165) is 0 Å². The average Bonchev–Trinajstić information content (AvgIpc) is 2.54. The van der Waals surface area contributed by atoms with Gasteiger partial charge in [-0.1, -0.05) is 0 Å². The lowest BCUT2D eigenvalue weighted by Crippen LogP contribution is -2.46. The molecule has 1 saturated carbocycles. The van der Waals surface area contributed by atoms with Crippen molar-refractivity contribution in [2.45, 2.75) is 64.2 Å². The summed E-state index contributed by atoms with van der Waals surface area (Å²) in [5.41, 5.74) is 1.27. The molecule has 2 rings (SSSR count). The highest BCUT2D eigenvalue weighted by atomic mass is 32.2. The monoisotopic (exact) mass is 380 g/mol. The zero-order valence-electron chi connectivity index (χ0n) is 15.8. The Bertz CT molecular complexity index is 756. The van der Waals surface area contributed by atoms with Gasteiger partial charge in [0.15, 0.2) is 5.78 Å². The first-order valence-corrected chi connectivity index (χ1v) is 10.4. The van der Waals surface area contributed by atoms with Gasteiger partial charge in [0.1, 0.15) is 0 Å². The van der Waals surface area contributed by atoms with Gasteiger partial charge in [0.05, 0.1) is 4.75 Å². The molecule has 0 unspecified atom stereocenters. The molecule has 0 bridgehead atoms. The topological polar surface area (TPSA) is 92.3 Å². The van der Waals surface area contributed by atoms with E-state index >= 15 is 0 Å². The summed E-state index contributed by atoms with van der Waals surface area (Å²) in [6.45, 7) is 6.52. The van der Waals surface area contributed by atoms with Crippen LogP contribution in [0.5, 0.6) is 0 Å². The summed E-state index contributed by atoms with van der Waals surface area (Å²) in [4.78, 5) is 23.7. The molecule has 1 aromatic rings. The summed E-state index contributed by atoms with van der Waals surface area (Å²) in [6.07, 6.45) is 2.59. The molecule has 26 heavy (non-hydrogen) atoms. The number of benzene rings is 1. The number of Topliss-reactive ketones (excluding diaryl/α,β-unsaturated/α-hetero) is 1. The highest BCUT2D eigenvalue weighted by Crippen LogP contribution is 2.27. The van der Waals surface area contributed by atoms with Crippen molar-refractivity contribution in [3.63, 3.8) is 0 Å². The van der Waals surface area contributed by atoms with Crippen LogP contribution in [0.25, 0.3) is 0 Å². The number of hydrogen-bond donors (Lipinski definition) is 2. The SMILES string of the molecule is CC(=O)c1ccc(NC(=O)[C@H]2CC[C@H](NS(=O)(=O)C(C)(C)C)CC2)cc1. The van der Waals surface area contributed by atoms with Gasteiger partial charge in [-0.3, -0.25) is 9.59 Å². The number of rotatable bonds is 5. The van der Waals surface area contributed by atoms with Crippen molar-refractivity contribution in [2.24, 2.45) is 5.92 Å². The maximum absolute atomic E-state index is 12.4. The van der Waals surface area contributed by atoms with Crippen LogP contribution in [0.3, 0.4) is 0 Å². The van der Waals surface area contributed by atoms with Gasteiger partial charge in [0, 0.05) is 23.2 Å². The third kappa shape index (κ3) is 5.14. The van der Waals surface area contributed by atoms with Crippen LogP contribution >= 0.6 is 0 Å². The molecule has 1 amide bonds. The minimum atomic E-state index is -3.37. The summed E-state index contributed by atoms with van der Waals surface area (Å²) < 4.78 is 26.4. The van der Waals surface area contributed by atoms with Gasteiger partial charge in [0.2, 0.25) is 15.9 Å². The Morgan fingerprint density at radius 1 is 1.00 bits per heavy atom. The van der Waals surface area contributed by atoms with Gasteiger partial charge in [0.25, 0.3) is 0 Å². The minimum absolute atomic E-state index is 0.0149. The minimum Gasteiger partial charge on any atom is -0.326 e. The fraction of sp³-hybridized carbons (Fsp3) is 0.579.